The molecule has 2 N–H and O–H groups in total. The zero-order chi connectivity index (χ0) is 36.6. The number of unbranched alkanes of at least 4 members (excludes halogenated alkanes) is 1. The van der Waals surface area contributed by atoms with Crippen LogP contribution in [0.5, 0.6) is 5.75 Å². The van der Waals surface area contributed by atoms with Crippen LogP contribution in [0, 0.1) is 11.6 Å². The van der Waals surface area contributed by atoms with Crippen molar-refractivity contribution in [2.75, 3.05) is 19.0 Å². The van der Waals surface area contributed by atoms with E-state index in [0.29, 0.717) is 43.8 Å². The highest BCUT2D eigenvalue weighted by molar-refractivity contribution is 6.24. The molecule has 0 bridgehead atoms. The lowest BCUT2D eigenvalue weighted by Crippen LogP contribution is -2.62. The van der Waals surface area contributed by atoms with Crippen molar-refractivity contribution in [1.82, 2.24) is 20.0 Å². The van der Waals surface area contributed by atoms with E-state index in [0.717, 1.165) is 17.5 Å². The summed E-state index contributed by atoms with van der Waals surface area (Å²) in [6.07, 6.45) is -6.49. The Balaban J connectivity index is 0.00000583. The number of carbonyl (C=O) groups is 2. The van der Waals surface area contributed by atoms with Crippen LogP contribution in [-0.4, -0.2) is 56.1 Å². The lowest BCUT2D eigenvalue weighted by molar-refractivity contribution is -0.163. The number of nitrogens with one attached hydrogen (secondary N) is 1. The van der Waals surface area contributed by atoms with Crippen LogP contribution in [0.1, 0.15) is 62.3 Å². The van der Waals surface area contributed by atoms with Gasteiger partial charge < -0.3 is 15.2 Å². The molecule has 1 aromatic heterocycles. The van der Waals surface area contributed by atoms with Crippen LogP contribution in [0.3, 0.4) is 0 Å². The van der Waals surface area contributed by atoms with E-state index in [2.05, 4.69) is 15.3 Å². The number of amides is 2. The summed E-state index contributed by atoms with van der Waals surface area (Å²) in [6, 6.07) is 4.62. The summed E-state index contributed by atoms with van der Waals surface area (Å²) in [5.74, 6) is -6.04. The molecule has 0 unspecified atom stereocenters. The molecule has 1 spiro atoms. The SMILES string of the molecule is CCCCOc1ccc(CN2C(=O)C(C(=O)Nc3ccc(C(F)(F)F)cc3-c3cc(C(F)(F)F)ncn3)=C(O)C3(CCCC3)N2C)c(F)c1F.Cl. The summed E-state index contributed by atoms with van der Waals surface area (Å²) in [4.78, 5) is 34.6. The van der Waals surface area contributed by atoms with Gasteiger partial charge in [-0.3, -0.25) is 14.6 Å². The predicted molar refractivity (Wildman–Crippen MR) is 169 cm³/mol. The van der Waals surface area contributed by atoms with E-state index in [4.69, 9.17) is 4.74 Å². The van der Waals surface area contributed by atoms with Crippen LogP contribution in [0.15, 0.2) is 54.1 Å². The molecule has 0 atom stereocenters. The smallest absolute Gasteiger partial charge is 0.433 e. The molecule has 1 aliphatic heterocycles. The number of anilines is 1. The van der Waals surface area contributed by atoms with E-state index in [1.165, 1.54) is 24.2 Å². The van der Waals surface area contributed by atoms with Crippen molar-refractivity contribution in [3.63, 3.8) is 0 Å². The second-order valence-corrected chi connectivity index (χ2v) is 11.9. The molecule has 9 nitrogen and oxygen atoms in total. The zero-order valence-electron chi connectivity index (χ0n) is 27.1. The third-order valence-corrected chi connectivity index (χ3v) is 8.80. The van der Waals surface area contributed by atoms with Crippen molar-refractivity contribution < 1.29 is 54.6 Å². The largest absolute Gasteiger partial charge is 0.509 e. The number of hydrogen-bond donors (Lipinski definition) is 2. The van der Waals surface area contributed by atoms with E-state index in [9.17, 15) is 45.4 Å². The number of aliphatic hydroxyl groups excluding tert-OH is 1. The number of alkyl halides is 6. The number of aromatic nitrogens is 2. The van der Waals surface area contributed by atoms with Crippen molar-refractivity contribution in [1.29, 1.82) is 0 Å². The van der Waals surface area contributed by atoms with Gasteiger partial charge in [0.1, 0.15) is 23.4 Å². The standard InChI is InChI=1S/C33H31F8N5O4.ClH/c1-3-4-13-50-23-10-7-18(26(34)27(23)35)16-46-30(49)25(28(47)31(45(46)2)11-5-6-12-31)29(48)44-21-9-8-19(32(36,37)38)14-20(21)22-15-24(33(39,40)41)43-17-42-22;/h7-10,14-15,17,47H,3-6,11-13,16H2,1-2H3,(H,44,48);1H. The Morgan fingerprint density at radius 3 is 2.31 bits per heavy atom. The molecule has 2 aromatic carbocycles. The number of benzene rings is 2. The first-order chi connectivity index (χ1) is 23.5. The monoisotopic (exact) mass is 749 g/mol. The van der Waals surface area contributed by atoms with Gasteiger partial charge in [0.05, 0.1) is 35.6 Å². The summed E-state index contributed by atoms with van der Waals surface area (Å²) in [5.41, 5.74) is -6.89. The first-order valence-corrected chi connectivity index (χ1v) is 15.5. The molecule has 2 heterocycles. The third-order valence-electron chi connectivity index (χ3n) is 8.80. The second-order valence-electron chi connectivity index (χ2n) is 11.9. The summed E-state index contributed by atoms with van der Waals surface area (Å²) in [6.45, 7) is 1.44. The molecule has 2 aliphatic rings. The maximum absolute atomic E-state index is 15.3. The quantitative estimate of drug-likeness (QED) is 0.130. The summed E-state index contributed by atoms with van der Waals surface area (Å²) in [5, 5.41) is 16.0. The maximum Gasteiger partial charge on any atom is 0.433 e. The van der Waals surface area contributed by atoms with Gasteiger partial charge in [-0.2, -0.15) is 30.7 Å². The van der Waals surface area contributed by atoms with Crippen LogP contribution in [0.2, 0.25) is 0 Å². The molecule has 1 saturated carbocycles. The molecule has 18 heteroatoms. The zero-order valence-corrected chi connectivity index (χ0v) is 27.9. The van der Waals surface area contributed by atoms with E-state index >= 15 is 4.39 Å². The van der Waals surface area contributed by atoms with Gasteiger partial charge >= 0.3 is 12.4 Å². The van der Waals surface area contributed by atoms with Gasteiger partial charge in [0.15, 0.2) is 11.6 Å². The Morgan fingerprint density at radius 2 is 1.69 bits per heavy atom. The Labute approximate surface area is 292 Å². The van der Waals surface area contributed by atoms with Gasteiger partial charge in [0, 0.05) is 18.2 Å². The highest BCUT2D eigenvalue weighted by Crippen LogP contribution is 2.45. The summed E-state index contributed by atoms with van der Waals surface area (Å²) < 4.78 is 117. The summed E-state index contributed by atoms with van der Waals surface area (Å²) >= 11 is 0. The topological polar surface area (TPSA) is 108 Å². The Bertz CT molecular complexity index is 1830. The van der Waals surface area contributed by atoms with Gasteiger partial charge in [-0.15, -0.1) is 12.4 Å². The van der Waals surface area contributed by atoms with Gasteiger partial charge in [0.2, 0.25) is 5.82 Å². The van der Waals surface area contributed by atoms with Crippen molar-refractivity contribution >= 4 is 29.9 Å². The van der Waals surface area contributed by atoms with E-state index in [1.54, 1.807) is 0 Å². The van der Waals surface area contributed by atoms with Gasteiger partial charge in [-0.25, -0.2) is 19.4 Å². The molecule has 1 fully saturated rings. The third kappa shape index (κ3) is 7.73. The Morgan fingerprint density at radius 1 is 1.00 bits per heavy atom. The van der Waals surface area contributed by atoms with Crippen LogP contribution >= 0.6 is 12.4 Å². The highest BCUT2D eigenvalue weighted by atomic mass is 35.5. The molecular formula is C33H32ClF8N5O4. The normalized spacial score (nSPS) is 16.4. The lowest BCUT2D eigenvalue weighted by atomic mass is 9.88. The first kappa shape index (κ1) is 39.3. The number of ether oxygens (including phenoxy) is 1. The van der Waals surface area contributed by atoms with Crippen molar-refractivity contribution in [2.45, 2.75) is 69.9 Å². The number of nitrogens with zero attached hydrogens (tertiary/aromatic N) is 4. The fourth-order valence-corrected chi connectivity index (χ4v) is 6.07. The van der Waals surface area contributed by atoms with Crippen molar-refractivity contribution in [3.8, 4) is 17.0 Å². The number of aliphatic hydroxyl groups is 1. The number of hydrogen-bond acceptors (Lipinski definition) is 7. The van der Waals surface area contributed by atoms with Crippen LogP contribution in [0.4, 0.5) is 40.8 Å². The molecule has 2 amide bonds. The molecular weight excluding hydrogens is 718 g/mol. The molecule has 1 aliphatic carbocycles. The van der Waals surface area contributed by atoms with Crippen LogP contribution in [0.25, 0.3) is 11.3 Å². The maximum atomic E-state index is 15.3. The molecule has 51 heavy (non-hydrogen) atoms. The fraction of sp³-hybridized carbons (Fsp3) is 0.394. The van der Waals surface area contributed by atoms with Gasteiger partial charge in [-0.1, -0.05) is 32.3 Å². The first-order valence-electron chi connectivity index (χ1n) is 15.5. The number of halogens is 9. The van der Waals surface area contributed by atoms with Gasteiger partial charge in [0.25, 0.3) is 11.8 Å². The number of likely N-dealkylation sites (N-methyl/N-ethyl adjacent to an activating group) is 1. The highest BCUT2D eigenvalue weighted by Gasteiger charge is 2.53. The minimum atomic E-state index is -4.98. The molecule has 5 rings (SSSR count). The second kappa shape index (κ2) is 15.0. The van der Waals surface area contributed by atoms with Crippen LogP contribution in [-0.2, 0) is 28.5 Å². The van der Waals surface area contributed by atoms with E-state index in [-0.39, 0.29) is 43.2 Å². The minimum absolute atomic E-state index is 0. The van der Waals surface area contributed by atoms with E-state index in [1.807, 2.05) is 6.92 Å². The van der Waals surface area contributed by atoms with E-state index < -0.39 is 87.4 Å². The van der Waals surface area contributed by atoms with Crippen molar-refractivity contribution in [3.05, 3.63) is 82.5 Å². The average molecular weight is 750 g/mol. The Kier molecular flexibility index (Phi) is 11.5. The predicted octanol–water partition coefficient (Wildman–Crippen LogP) is 8.01. The minimum Gasteiger partial charge on any atom is -0.509 e. The molecule has 3 aromatic rings. The molecule has 0 radical (unpaired) electrons. The fourth-order valence-electron chi connectivity index (χ4n) is 6.07. The molecule has 0 saturated heterocycles. The lowest BCUT2D eigenvalue weighted by Gasteiger charge is -2.48. The number of rotatable bonds is 9. The average Bonchev–Trinajstić information content (AvgIpc) is 3.56. The molecule has 276 valence electrons. The van der Waals surface area contributed by atoms with Crippen LogP contribution < -0.4 is 10.1 Å². The van der Waals surface area contributed by atoms with Gasteiger partial charge in [-0.05, 0) is 49.6 Å². The summed E-state index contributed by atoms with van der Waals surface area (Å²) in [7, 11) is 1.44. The Hall–Kier alpha value is -4.51. The number of hydrazine groups is 1. The van der Waals surface area contributed by atoms with Crippen molar-refractivity contribution in [2.24, 2.45) is 0 Å². The number of carbonyl (C=O) groups excluding carboxylic acids is 2.